The molecule has 0 radical (unpaired) electrons. The highest BCUT2D eigenvalue weighted by molar-refractivity contribution is 8.17. The van der Waals surface area contributed by atoms with Crippen LogP contribution >= 0.6 is 35.1 Å². The molecular formula is C13H13ClO2S2. The van der Waals surface area contributed by atoms with Gasteiger partial charge in [0.05, 0.1) is 10.1 Å². The Labute approximate surface area is 120 Å². The number of carbonyl (C=O) groups is 1. The topological polar surface area (TPSA) is 37.3 Å². The van der Waals surface area contributed by atoms with Crippen molar-refractivity contribution in [2.45, 2.75) is 11.0 Å². The van der Waals surface area contributed by atoms with Crippen molar-refractivity contribution in [1.29, 1.82) is 0 Å². The summed E-state index contributed by atoms with van der Waals surface area (Å²) in [4.78, 5) is 10.7. The summed E-state index contributed by atoms with van der Waals surface area (Å²) in [7, 11) is 0. The molecule has 0 amide bonds. The molecule has 0 atom stereocenters. The molecule has 0 bridgehead atoms. The molecule has 1 aliphatic rings. The molecule has 1 aromatic rings. The average Bonchev–Trinajstić information content (AvgIpc) is 2.40. The third-order valence-corrected chi connectivity index (χ3v) is 5.68. The lowest BCUT2D eigenvalue weighted by Gasteiger charge is -2.17. The molecule has 2 nitrogen and oxygen atoms in total. The van der Waals surface area contributed by atoms with Crippen molar-refractivity contribution in [2.24, 2.45) is 0 Å². The lowest BCUT2D eigenvalue weighted by molar-refractivity contribution is 0.0697. The molecule has 1 saturated heterocycles. The van der Waals surface area contributed by atoms with Gasteiger partial charge in [0, 0.05) is 5.03 Å². The minimum absolute atomic E-state index is 0.282. The molecule has 0 spiro atoms. The standard InChI is InChI=1S/C13H13ClO2S2/c14-11(8-12-17-6-1-7-18-12)9-2-4-10(5-3-9)13(15)16/h2-5,8,12H,1,6-7H2,(H,15,16). The molecule has 0 saturated carbocycles. The normalized spacial score (nSPS) is 17.7. The zero-order valence-electron chi connectivity index (χ0n) is 9.64. The summed E-state index contributed by atoms with van der Waals surface area (Å²) in [6, 6.07) is 6.66. The summed E-state index contributed by atoms with van der Waals surface area (Å²) in [5.41, 5.74) is 1.15. The van der Waals surface area contributed by atoms with Crippen LogP contribution in [0.15, 0.2) is 30.3 Å². The van der Waals surface area contributed by atoms with E-state index in [1.807, 2.05) is 29.6 Å². The fourth-order valence-electron chi connectivity index (χ4n) is 1.59. The van der Waals surface area contributed by atoms with Gasteiger partial charge in [0.1, 0.15) is 0 Å². The number of hydrogen-bond acceptors (Lipinski definition) is 3. The van der Waals surface area contributed by atoms with Crippen LogP contribution in [0.2, 0.25) is 0 Å². The number of rotatable bonds is 3. The van der Waals surface area contributed by atoms with E-state index in [9.17, 15) is 4.79 Å². The Morgan fingerprint density at radius 3 is 2.33 bits per heavy atom. The summed E-state index contributed by atoms with van der Waals surface area (Å²) < 4.78 is 0.408. The second-order valence-corrected chi connectivity index (χ2v) is 7.07. The van der Waals surface area contributed by atoms with Crippen molar-refractivity contribution in [3.8, 4) is 0 Å². The van der Waals surface area contributed by atoms with E-state index in [0.717, 1.165) is 5.56 Å². The van der Waals surface area contributed by atoms with E-state index in [0.29, 0.717) is 9.61 Å². The first-order chi connectivity index (χ1) is 8.66. The van der Waals surface area contributed by atoms with Gasteiger partial charge in [-0.1, -0.05) is 23.7 Å². The Hall–Kier alpha value is -0.580. The molecule has 1 heterocycles. The number of thioether (sulfide) groups is 2. The maximum absolute atomic E-state index is 10.7. The van der Waals surface area contributed by atoms with Crippen molar-refractivity contribution in [3.63, 3.8) is 0 Å². The van der Waals surface area contributed by atoms with Crippen LogP contribution in [0, 0.1) is 0 Å². The Morgan fingerprint density at radius 1 is 1.22 bits per heavy atom. The van der Waals surface area contributed by atoms with E-state index in [-0.39, 0.29) is 5.56 Å². The number of carboxylic acids is 1. The van der Waals surface area contributed by atoms with Crippen LogP contribution < -0.4 is 0 Å². The first-order valence-corrected chi connectivity index (χ1v) is 8.08. The van der Waals surface area contributed by atoms with Crippen LogP contribution in [-0.4, -0.2) is 27.2 Å². The Morgan fingerprint density at radius 2 is 1.78 bits per heavy atom. The lowest BCUT2D eigenvalue weighted by Crippen LogP contribution is -2.03. The molecule has 0 aliphatic carbocycles. The lowest BCUT2D eigenvalue weighted by atomic mass is 10.1. The summed E-state index contributed by atoms with van der Waals surface area (Å²) in [5, 5.41) is 9.51. The van der Waals surface area contributed by atoms with Gasteiger partial charge in [0.15, 0.2) is 0 Å². The van der Waals surface area contributed by atoms with E-state index in [1.165, 1.54) is 17.9 Å². The molecule has 5 heteroatoms. The predicted octanol–water partition coefficient (Wildman–Crippen LogP) is 4.16. The summed E-state index contributed by atoms with van der Waals surface area (Å²) >= 11 is 10.1. The van der Waals surface area contributed by atoms with Gasteiger partial charge in [-0.15, -0.1) is 23.5 Å². The summed E-state index contributed by atoms with van der Waals surface area (Å²) in [5.74, 6) is 1.44. The first-order valence-electron chi connectivity index (χ1n) is 5.61. The Bertz CT molecular complexity index is 451. The fourth-order valence-corrected chi connectivity index (χ4v) is 4.69. The molecule has 1 aromatic carbocycles. The van der Waals surface area contributed by atoms with Gasteiger partial charge in [0.25, 0.3) is 0 Å². The van der Waals surface area contributed by atoms with Crippen LogP contribution in [0.4, 0.5) is 0 Å². The largest absolute Gasteiger partial charge is 0.478 e. The SMILES string of the molecule is O=C(O)c1ccc(C(Cl)=CC2SCCCS2)cc1. The van der Waals surface area contributed by atoms with Crippen LogP contribution in [-0.2, 0) is 0 Å². The van der Waals surface area contributed by atoms with Crippen LogP contribution in [0.1, 0.15) is 22.3 Å². The molecule has 2 rings (SSSR count). The van der Waals surface area contributed by atoms with Gasteiger partial charge in [-0.2, -0.15) is 0 Å². The molecule has 1 fully saturated rings. The Kier molecular flexibility index (Phi) is 5.03. The first kappa shape index (κ1) is 13.8. The maximum Gasteiger partial charge on any atom is 0.335 e. The van der Waals surface area contributed by atoms with Crippen LogP contribution in [0.3, 0.4) is 0 Å². The number of hydrogen-bond donors (Lipinski definition) is 1. The molecule has 1 aliphatic heterocycles. The third kappa shape index (κ3) is 3.70. The zero-order chi connectivity index (χ0) is 13.0. The Balaban J connectivity index is 2.09. The van der Waals surface area contributed by atoms with E-state index in [2.05, 4.69) is 0 Å². The van der Waals surface area contributed by atoms with E-state index < -0.39 is 5.97 Å². The second kappa shape index (κ2) is 6.55. The van der Waals surface area contributed by atoms with E-state index >= 15 is 0 Å². The van der Waals surface area contributed by atoms with Gasteiger partial charge in [0.2, 0.25) is 0 Å². The average molecular weight is 301 g/mol. The highest BCUT2D eigenvalue weighted by Crippen LogP contribution is 2.34. The molecular weight excluding hydrogens is 288 g/mol. The van der Waals surface area contributed by atoms with Gasteiger partial charge in [-0.05, 0) is 41.7 Å². The quantitative estimate of drug-likeness (QED) is 0.909. The molecule has 0 aromatic heterocycles. The van der Waals surface area contributed by atoms with E-state index in [1.54, 1.807) is 24.3 Å². The van der Waals surface area contributed by atoms with Crippen molar-refractivity contribution < 1.29 is 9.90 Å². The van der Waals surface area contributed by atoms with Crippen molar-refractivity contribution in [1.82, 2.24) is 0 Å². The van der Waals surface area contributed by atoms with Crippen molar-refractivity contribution in [2.75, 3.05) is 11.5 Å². The van der Waals surface area contributed by atoms with Gasteiger partial charge in [-0.3, -0.25) is 0 Å². The fraction of sp³-hybridized carbons (Fsp3) is 0.308. The zero-order valence-corrected chi connectivity index (χ0v) is 12.0. The van der Waals surface area contributed by atoms with E-state index in [4.69, 9.17) is 16.7 Å². The molecule has 18 heavy (non-hydrogen) atoms. The number of benzene rings is 1. The smallest absolute Gasteiger partial charge is 0.335 e. The number of carboxylic acid groups (broad SMARTS) is 1. The number of halogens is 1. The minimum atomic E-state index is -0.917. The highest BCUT2D eigenvalue weighted by atomic mass is 35.5. The second-order valence-electron chi connectivity index (χ2n) is 3.86. The third-order valence-electron chi connectivity index (χ3n) is 2.54. The monoisotopic (exact) mass is 300 g/mol. The van der Waals surface area contributed by atoms with Gasteiger partial charge >= 0.3 is 5.97 Å². The molecule has 0 unspecified atom stereocenters. The predicted molar refractivity (Wildman–Crippen MR) is 80.6 cm³/mol. The molecule has 1 N–H and O–H groups in total. The minimum Gasteiger partial charge on any atom is -0.478 e. The maximum atomic E-state index is 10.7. The number of aromatic carboxylic acids is 1. The van der Waals surface area contributed by atoms with Gasteiger partial charge in [-0.25, -0.2) is 4.79 Å². The van der Waals surface area contributed by atoms with Crippen LogP contribution in [0.25, 0.3) is 5.03 Å². The van der Waals surface area contributed by atoms with Crippen molar-refractivity contribution >= 4 is 46.1 Å². The van der Waals surface area contributed by atoms with Crippen LogP contribution in [0.5, 0.6) is 0 Å². The summed E-state index contributed by atoms with van der Waals surface area (Å²) in [6.07, 6.45) is 3.30. The van der Waals surface area contributed by atoms with Crippen molar-refractivity contribution in [3.05, 3.63) is 41.5 Å². The summed E-state index contributed by atoms with van der Waals surface area (Å²) in [6.45, 7) is 0. The molecule has 96 valence electrons. The highest BCUT2D eigenvalue weighted by Gasteiger charge is 2.13. The van der Waals surface area contributed by atoms with Gasteiger partial charge < -0.3 is 5.11 Å².